The number of para-hydroxylation sites is 1. The Hall–Kier alpha value is -2.53. The van der Waals surface area contributed by atoms with Crippen LogP contribution in [0.15, 0.2) is 42.5 Å². The number of methoxy groups -OCH3 is 1. The van der Waals surface area contributed by atoms with Crippen LogP contribution in [0.4, 0.5) is 0 Å². The largest absolute Gasteiger partial charge is 0.486 e. The fraction of sp³-hybridized carbons (Fsp3) is 0.278. The molecule has 1 aliphatic rings. The van der Waals surface area contributed by atoms with Crippen molar-refractivity contribution >= 4 is 5.91 Å². The van der Waals surface area contributed by atoms with Gasteiger partial charge in [0.05, 0.1) is 6.61 Å². The Labute approximate surface area is 135 Å². The van der Waals surface area contributed by atoms with Gasteiger partial charge in [0, 0.05) is 24.8 Å². The van der Waals surface area contributed by atoms with Crippen LogP contribution in [0.2, 0.25) is 0 Å². The van der Waals surface area contributed by atoms with Crippen molar-refractivity contribution in [3.05, 3.63) is 59.2 Å². The highest BCUT2D eigenvalue weighted by Gasteiger charge is 2.17. The average Bonchev–Trinajstić information content (AvgIpc) is 2.60. The summed E-state index contributed by atoms with van der Waals surface area (Å²) in [5.41, 5.74) is 2.39. The van der Waals surface area contributed by atoms with E-state index in [9.17, 15) is 4.79 Å². The van der Waals surface area contributed by atoms with Crippen molar-refractivity contribution in [2.75, 3.05) is 20.3 Å². The number of rotatable bonds is 5. The molecule has 0 atom stereocenters. The number of nitrogens with one attached hydrogen (secondary N) is 1. The molecule has 0 aliphatic carbocycles. The van der Waals surface area contributed by atoms with Gasteiger partial charge in [-0.2, -0.15) is 0 Å². The van der Waals surface area contributed by atoms with Crippen LogP contribution in [0.3, 0.4) is 0 Å². The van der Waals surface area contributed by atoms with E-state index in [1.54, 1.807) is 13.2 Å². The highest BCUT2D eigenvalue weighted by atomic mass is 16.6. The van der Waals surface area contributed by atoms with Gasteiger partial charge in [-0.15, -0.1) is 0 Å². The third-order valence-electron chi connectivity index (χ3n) is 3.65. The minimum Gasteiger partial charge on any atom is -0.486 e. The summed E-state index contributed by atoms with van der Waals surface area (Å²) in [7, 11) is 1.61. The van der Waals surface area contributed by atoms with Gasteiger partial charge in [-0.25, -0.2) is 0 Å². The highest BCUT2D eigenvalue weighted by Crippen LogP contribution is 2.33. The smallest absolute Gasteiger partial charge is 0.251 e. The normalized spacial score (nSPS) is 12.7. The molecule has 0 saturated carbocycles. The Kier molecular flexibility index (Phi) is 4.78. The third-order valence-corrected chi connectivity index (χ3v) is 3.65. The van der Waals surface area contributed by atoms with Crippen molar-refractivity contribution in [1.29, 1.82) is 0 Å². The van der Waals surface area contributed by atoms with Crippen LogP contribution in [-0.2, 0) is 17.9 Å². The van der Waals surface area contributed by atoms with Crippen LogP contribution in [0.1, 0.15) is 21.5 Å². The molecule has 0 bridgehead atoms. The number of carbonyl (C=O) groups is 1. The van der Waals surface area contributed by atoms with E-state index >= 15 is 0 Å². The minimum atomic E-state index is -0.132. The van der Waals surface area contributed by atoms with Crippen molar-refractivity contribution in [3.8, 4) is 11.5 Å². The van der Waals surface area contributed by atoms with Crippen LogP contribution >= 0.6 is 0 Å². The molecule has 0 spiro atoms. The SMILES string of the molecule is COCc1ccccc1C(=O)NCc1cccc2c1OCCO2. The molecule has 3 rings (SSSR count). The zero-order valence-corrected chi connectivity index (χ0v) is 13.0. The third kappa shape index (κ3) is 3.46. The second-order valence-electron chi connectivity index (χ2n) is 5.21. The first-order valence-electron chi connectivity index (χ1n) is 7.52. The summed E-state index contributed by atoms with van der Waals surface area (Å²) in [5, 5.41) is 2.93. The van der Waals surface area contributed by atoms with Crippen molar-refractivity contribution in [3.63, 3.8) is 0 Å². The monoisotopic (exact) mass is 313 g/mol. The lowest BCUT2D eigenvalue weighted by molar-refractivity contribution is 0.0945. The highest BCUT2D eigenvalue weighted by molar-refractivity contribution is 5.95. The van der Waals surface area contributed by atoms with Crippen molar-refractivity contribution in [1.82, 2.24) is 5.32 Å². The van der Waals surface area contributed by atoms with Gasteiger partial charge < -0.3 is 19.5 Å². The maximum absolute atomic E-state index is 12.4. The van der Waals surface area contributed by atoms with Gasteiger partial charge in [0.2, 0.25) is 0 Å². The van der Waals surface area contributed by atoms with Gasteiger partial charge >= 0.3 is 0 Å². The summed E-state index contributed by atoms with van der Waals surface area (Å²) in [5.74, 6) is 1.30. The van der Waals surface area contributed by atoms with Gasteiger partial charge in [0.1, 0.15) is 13.2 Å². The van der Waals surface area contributed by atoms with Crippen molar-refractivity contribution in [2.24, 2.45) is 0 Å². The molecule has 5 nitrogen and oxygen atoms in total. The predicted octanol–water partition coefficient (Wildman–Crippen LogP) is 2.53. The molecule has 0 aromatic heterocycles. The molecular formula is C18H19NO4. The van der Waals surface area contributed by atoms with E-state index in [1.807, 2.05) is 36.4 Å². The molecule has 2 aromatic rings. The molecule has 0 unspecified atom stereocenters. The maximum atomic E-state index is 12.4. The zero-order chi connectivity index (χ0) is 16.1. The standard InChI is InChI=1S/C18H19NO4/c1-21-12-14-5-2-3-7-15(14)18(20)19-11-13-6-4-8-16-17(13)23-10-9-22-16/h2-8H,9-12H2,1H3,(H,19,20). The molecular weight excluding hydrogens is 294 g/mol. The zero-order valence-electron chi connectivity index (χ0n) is 13.0. The fourth-order valence-corrected chi connectivity index (χ4v) is 2.57. The lowest BCUT2D eigenvalue weighted by Crippen LogP contribution is -2.25. The second-order valence-corrected chi connectivity index (χ2v) is 5.21. The molecule has 1 N–H and O–H groups in total. The number of hydrogen-bond donors (Lipinski definition) is 1. The summed E-state index contributed by atoms with van der Waals surface area (Å²) in [4.78, 5) is 12.4. The lowest BCUT2D eigenvalue weighted by atomic mass is 10.1. The number of amides is 1. The second kappa shape index (κ2) is 7.15. The number of ether oxygens (including phenoxy) is 3. The topological polar surface area (TPSA) is 56.8 Å². The minimum absolute atomic E-state index is 0.132. The number of hydrogen-bond acceptors (Lipinski definition) is 4. The predicted molar refractivity (Wildman–Crippen MR) is 85.8 cm³/mol. The molecule has 0 radical (unpaired) electrons. The number of fused-ring (bicyclic) bond motifs is 1. The van der Waals surface area contributed by atoms with Crippen molar-refractivity contribution in [2.45, 2.75) is 13.2 Å². The van der Waals surface area contributed by atoms with Gasteiger partial charge in [-0.05, 0) is 17.7 Å². The fourth-order valence-electron chi connectivity index (χ4n) is 2.57. The molecule has 2 aromatic carbocycles. The molecule has 1 aliphatic heterocycles. The molecule has 5 heteroatoms. The van der Waals surface area contributed by atoms with Gasteiger partial charge in [0.25, 0.3) is 5.91 Å². The van der Waals surface area contributed by atoms with Crippen LogP contribution in [0.5, 0.6) is 11.5 Å². The Morgan fingerprint density at radius 1 is 1.09 bits per heavy atom. The van der Waals surface area contributed by atoms with Crippen LogP contribution < -0.4 is 14.8 Å². The van der Waals surface area contributed by atoms with E-state index in [-0.39, 0.29) is 5.91 Å². The molecule has 120 valence electrons. The Bertz CT molecular complexity index is 699. The molecule has 0 saturated heterocycles. The number of benzene rings is 2. The Morgan fingerprint density at radius 3 is 2.74 bits per heavy atom. The van der Waals surface area contributed by atoms with E-state index in [4.69, 9.17) is 14.2 Å². The van der Waals surface area contributed by atoms with Gasteiger partial charge in [0.15, 0.2) is 11.5 Å². The molecule has 1 heterocycles. The summed E-state index contributed by atoms with van der Waals surface area (Å²) in [6, 6.07) is 13.1. The van der Waals surface area contributed by atoms with Crippen LogP contribution in [0.25, 0.3) is 0 Å². The molecule has 23 heavy (non-hydrogen) atoms. The first kappa shape index (κ1) is 15.4. The quantitative estimate of drug-likeness (QED) is 0.921. The first-order valence-corrected chi connectivity index (χ1v) is 7.52. The lowest BCUT2D eigenvalue weighted by Gasteiger charge is -2.21. The molecule has 1 amide bonds. The summed E-state index contributed by atoms with van der Waals surface area (Å²) >= 11 is 0. The summed E-state index contributed by atoms with van der Waals surface area (Å²) in [6.45, 7) is 1.86. The number of carbonyl (C=O) groups excluding carboxylic acids is 1. The molecule has 0 fully saturated rings. The Morgan fingerprint density at radius 2 is 1.87 bits per heavy atom. The van der Waals surface area contributed by atoms with Crippen molar-refractivity contribution < 1.29 is 19.0 Å². The van der Waals surface area contributed by atoms with Gasteiger partial charge in [-0.1, -0.05) is 30.3 Å². The van der Waals surface area contributed by atoms with E-state index in [0.29, 0.717) is 37.7 Å². The Balaban J connectivity index is 1.73. The van der Waals surface area contributed by atoms with E-state index in [1.165, 1.54) is 0 Å². The van der Waals surface area contributed by atoms with Crippen LogP contribution in [0, 0.1) is 0 Å². The maximum Gasteiger partial charge on any atom is 0.251 e. The summed E-state index contributed by atoms with van der Waals surface area (Å²) < 4.78 is 16.4. The van der Waals surface area contributed by atoms with Crippen LogP contribution in [-0.4, -0.2) is 26.2 Å². The van der Waals surface area contributed by atoms with E-state index in [0.717, 1.165) is 16.9 Å². The summed E-state index contributed by atoms with van der Waals surface area (Å²) in [6.07, 6.45) is 0. The van der Waals surface area contributed by atoms with E-state index in [2.05, 4.69) is 5.32 Å². The van der Waals surface area contributed by atoms with Gasteiger partial charge in [-0.3, -0.25) is 4.79 Å². The average molecular weight is 313 g/mol. The first-order chi connectivity index (χ1) is 11.3. The van der Waals surface area contributed by atoms with E-state index < -0.39 is 0 Å².